The number of rotatable bonds is 2. The summed E-state index contributed by atoms with van der Waals surface area (Å²) in [6.07, 6.45) is 0. The number of amides is 2. The molecule has 122 valence electrons. The van der Waals surface area contributed by atoms with Crippen LogP contribution in [0.2, 0.25) is 5.02 Å². The van der Waals surface area contributed by atoms with Gasteiger partial charge in [0.2, 0.25) is 0 Å². The van der Waals surface area contributed by atoms with Gasteiger partial charge in [0.05, 0.1) is 0 Å². The molecule has 0 saturated heterocycles. The molecule has 1 aliphatic heterocycles. The third kappa shape index (κ3) is 3.02. The molecule has 0 radical (unpaired) electrons. The van der Waals surface area contributed by atoms with Crippen molar-refractivity contribution in [3.05, 3.63) is 70.2 Å². The van der Waals surface area contributed by atoms with Crippen molar-refractivity contribution in [3.63, 3.8) is 0 Å². The number of hydrogen-bond acceptors (Lipinski definition) is 5. The van der Waals surface area contributed by atoms with Gasteiger partial charge in [-0.1, -0.05) is 41.0 Å². The molecule has 0 bridgehead atoms. The summed E-state index contributed by atoms with van der Waals surface area (Å²) in [5.41, 5.74) is 1.58. The number of benzene rings is 2. The molecule has 0 atom stereocenters. The topological polar surface area (TPSA) is 68.2 Å². The van der Waals surface area contributed by atoms with Crippen LogP contribution in [0, 0.1) is 0 Å². The van der Waals surface area contributed by atoms with Crippen LogP contribution >= 0.6 is 11.6 Å². The zero-order chi connectivity index (χ0) is 17.1. The first kappa shape index (κ1) is 16.2. The van der Waals surface area contributed by atoms with E-state index in [1.807, 2.05) is 6.07 Å². The average Bonchev–Trinajstić information content (AvgIpc) is 2.73. The van der Waals surface area contributed by atoms with Crippen LogP contribution < -0.4 is 0 Å². The van der Waals surface area contributed by atoms with Crippen molar-refractivity contribution in [3.8, 4) is 0 Å². The average molecular weight is 345 g/mol. The van der Waals surface area contributed by atoms with E-state index in [-0.39, 0.29) is 17.9 Å². The third-order valence-corrected chi connectivity index (χ3v) is 3.72. The van der Waals surface area contributed by atoms with Crippen LogP contribution in [0.5, 0.6) is 0 Å². The minimum absolute atomic E-state index is 0.00733. The molecule has 7 heteroatoms. The molecule has 0 aromatic heterocycles. The van der Waals surface area contributed by atoms with Gasteiger partial charge >= 0.3 is 5.91 Å². The van der Waals surface area contributed by atoms with Crippen molar-refractivity contribution >= 4 is 29.1 Å². The van der Waals surface area contributed by atoms with Crippen LogP contribution in [0.4, 0.5) is 0 Å². The van der Waals surface area contributed by atoms with Gasteiger partial charge in [-0.05, 0) is 29.8 Å². The summed E-state index contributed by atoms with van der Waals surface area (Å²) in [5.74, 6) is -1.30. The Bertz CT molecular complexity index is 818. The molecule has 1 heterocycles. The van der Waals surface area contributed by atoms with Crippen LogP contribution in [0.3, 0.4) is 0 Å². The fourth-order valence-electron chi connectivity index (χ4n) is 2.32. The molecule has 2 aromatic carbocycles. The third-order valence-electron chi connectivity index (χ3n) is 3.47. The number of hydrogen-bond donors (Lipinski definition) is 0. The van der Waals surface area contributed by atoms with Gasteiger partial charge < -0.3 is 4.84 Å². The van der Waals surface area contributed by atoms with Crippen LogP contribution in [0.25, 0.3) is 0 Å². The van der Waals surface area contributed by atoms with E-state index < -0.39 is 11.8 Å². The Morgan fingerprint density at radius 1 is 1.21 bits per heavy atom. The number of carbonyl (C=O) groups is 2. The van der Waals surface area contributed by atoms with E-state index in [1.54, 1.807) is 30.3 Å². The van der Waals surface area contributed by atoms with E-state index in [0.717, 1.165) is 5.56 Å². The van der Waals surface area contributed by atoms with Gasteiger partial charge in [0, 0.05) is 16.1 Å². The quantitative estimate of drug-likeness (QED) is 0.620. The van der Waals surface area contributed by atoms with Gasteiger partial charge in [-0.25, -0.2) is 0 Å². The summed E-state index contributed by atoms with van der Waals surface area (Å²) in [4.78, 5) is 35.5. The minimum Gasteiger partial charge on any atom is -0.398 e. The second-order valence-electron chi connectivity index (χ2n) is 4.96. The van der Waals surface area contributed by atoms with Crippen molar-refractivity contribution in [2.45, 2.75) is 6.61 Å². The number of fused-ring (bicyclic) bond motifs is 1. The Balaban J connectivity index is 1.99. The number of halogens is 1. The summed E-state index contributed by atoms with van der Waals surface area (Å²) < 4.78 is 0. The Kier molecular flexibility index (Phi) is 4.59. The number of imide groups is 1. The minimum atomic E-state index is -0.693. The van der Waals surface area contributed by atoms with E-state index in [9.17, 15) is 9.59 Å². The zero-order valence-electron chi connectivity index (χ0n) is 12.7. The second kappa shape index (κ2) is 6.82. The van der Waals surface area contributed by atoms with E-state index >= 15 is 0 Å². The van der Waals surface area contributed by atoms with Gasteiger partial charge in [-0.15, -0.1) is 5.06 Å². The molecule has 3 rings (SSSR count). The summed E-state index contributed by atoms with van der Waals surface area (Å²) in [5, 5.41) is 4.96. The van der Waals surface area contributed by atoms with Crippen LogP contribution in [-0.2, 0) is 21.1 Å². The molecule has 0 N–H and O–H groups in total. The zero-order valence-corrected chi connectivity index (χ0v) is 13.5. The summed E-state index contributed by atoms with van der Waals surface area (Å²) in [7, 11) is 1.33. The highest BCUT2D eigenvalue weighted by Gasteiger charge is 2.33. The van der Waals surface area contributed by atoms with E-state index in [4.69, 9.17) is 21.3 Å². The van der Waals surface area contributed by atoms with Crippen LogP contribution in [-0.4, -0.2) is 29.7 Å². The number of hydroxylamine groups is 2. The van der Waals surface area contributed by atoms with Gasteiger partial charge in [0.25, 0.3) is 5.91 Å². The Morgan fingerprint density at radius 2 is 1.92 bits per heavy atom. The van der Waals surface area contributed by atoms with Crippen LogP contribution in [0.15, 0.2) is 53.7 Å². The number of nitrogens with zero attached hydrogens (tertiary/aromatic N) is 2. The van der Waals surface area contributed by atoms with Gasteiger partial charge in [0.15, 0.2) is 5.71 Å². The molecular formula is C17H13ClN2O4. The van der Waals surface area contributed by atoms with Crippen LogP contribution in [0.1, 0.15) is 21.5 Å². The molecule has 2 amide bonds. The molecule has 0 saturated carbocycles. The molecule has 1 aliphatic rings. The molecule has 0 aliphatic carbocycles. The van der Waals surface area contributed by atoms with Gasteiger partial charge in [-0.3, -0.25) is 14.4 Å². The first-order chi connectivity index (χ1) is 11.6. The maximum atomic E-state index is 12.7. The number of carbonyl (C=O) groups excluding carboxylic acids is 2. The van der Waals surface area contributed by atoms with Crippen molar-refractivity contribution in [1.29, 1.82) is 0 Å². The fraction of sp³-hybridized carbons (Fsp3) is 0.118. The molecule has 0 fully saturated rings. The highest BCUT2D eigenvalue weighted by Crippen LogP contribution is 2.20. The predicted molar refractivity (Wildman–Crippen MR) is 87.4 cm³/mol. The van der Waals surface area contributed by atoms with Crippen molar-refractivity contribution in [1.82, 2.24) is 5.06 Å². The smallest absolute Gasteiger partial charge is 0.307 e. The van der Waals surface area contributed by atoms with Crippen molar-refractivity contribution in [2.75, 3.05) is 7.11 Å². The standard InChI is InChI=1S/C17H13ClN2O4/c1-23-19-15-14-5-3-2-4-12(14)10-24-20(17(15)22)16(21)11-6-8-13(18)9-7-11/h2-9H,10H2,1H3/b19-15+. The van der Waals surface area contributed by atoms with Gasteiger partial charge in [-0.2, -0.15) is 0 Å². The number of oxime groups is 1. The lowest BCUT2D eigenvalue weighted by Gasteiger charge is -2.17. The molecule has 6 nitrogen and oxygen atoms in total. The lowest BCUT2D eigenvalue weighted by molar-refractivity contribution is -0.165. The monoisotopic (exact) mass is 344 g/mol. The van der Waals surface area contributed by atoms with Crippen molar-refractivity contribution in [2.24, 2.45) is 5.16 Å². The van der Waals surface area contributed by atoms with Gasteiger partial charge in [0.1, 0.15) is 13.7 Å². The Labute approximate surface area is 143 Å². The van der Waals surface area contributed by atoms with E-state index in [0.29, 0.717) is 15.6 Å². The van der Waals surface area contributed by atoms with E-state index in [1.165, 1.54) is 19.2 Å². The molecule has 24 heavy (non-hydrogen) atoms. The predicted octanol–water partition coefficient (Wildman–Crippen LogP) is 2.80. The normalized spacial score (nSPS) is 15.8. The molecular weight excluding hydrogens is 332 g/mol. The lowest BCUT2D eigenvalue weighted by atomic mass is 10.0. The summed E-state index contributed by atoms with van der Waals surface area (Å²) in [6, 6.07) is 13.3. The molecule has 2 aromatic rings. The fourth-order valence-corrected chi connectivity index (χ4v) is 2.45. The first-order valence-electron chi connectivity index (χ1n) is 7.08. The SMILES string of the molecule is CO/N=C1/C(=O)N(C(=O)c2ccc(Cl)cc2)OCc2ccccc21. The lowest BCUT2D eigenvalue weighted by Crippen LogP contribution is -2.39. The summed E-state index contributed by atoms with van der Waals surface area (Å²) in [6.45, 7) is 0.0595. The van der Waals surface area contributed by atoms with Crippen molar-refractivity contribution < 1.29 is 19.3 Å². The first-order valence-corrected chi connectivity index (χ1v) is 7.46. The Hall–Kier alpha value is -2.70. The second-order valence-corrected chi connectivity index (χ2v) is 5.40. The maximum Gasteiger partial charge on any atom is 0.307 e. The highest BCUT2D eigenvalue weighted by molar-refractivity contribution is 6.47. The molecule has 0 spiro atoms. The highest BCUT2D eigenvalue weighted by atomic mass is 35.5. The largest absolute Gasteiger partial charge is 0.398 e. The maximum absolute atomic E-state index is 12.7. The van der Waals surface area contributed by atoms with E-state index in [2.05, 4.69) is 5.16 Å². The summed E-state index contributed by atoms with van der Waals surface area (Å²) >= 11 is 5.82. The molecule has 0 unspecified atom stereocenters. The Morgan fingerprint density at radius 3 is 2.62 bits per heavy atom.